The normalized spacial score (nSPS) is 10.6. The van der Waals surface area contributed by atoms with E-state index < -0.39 is 24.2 Å². The van der Waals surface area contributed by atoms with Crippen molar-refractivity contribution in [2.24, 2.45) is 0 Å². The van der Waals surface area contributed by atoms with Crippen LogP contribution in [0.3, 0.4) is 0 Å². The number of carbonyl (C=O) groups is 2. The van der Waals surface area contributed by atoms with E-state index >= 15 is 0 Å². The highest BCUT2D eigenvalue weighted by molar-refractivity contribution is 5.93. The van der Waals surface area contributed by atoms with Gasteiger partial charge in [0.25, 0.3) is 0 Å². The van der Waals surface area contributed by atoms with E-state index in [0.717, 1.165) is 5.69 Å². The van der Waals surface area contributed by atoms with Crippen LogP contribution in [0.15, 0.2) is 23.1 Å². The van der Waals surface area contributed by atoms with Crippen LogP contribution in [0.4, 0.5) is 0 Å². The van der Waals surface area contributed by atoms with E-state index in [-0.39, 0.29) is 12.0 Å². The molecule has 2 aromatic heterocycles. The van der Waals surface area contributed by atoms with Gasteiger partial charge in [0, 0.05) is 24.9 Å². The molecule has 0 aliphatic carbocycles. The highest BCUT2D eigenvalue weighted by Gasteiger charge is 2.17. The van der Waals surface area contributed by atoms with E-state index in [1.54, 1.807) is 23.6 Å². The molecule has 0 saturated heterocycles. The first-order chi connectivity index (χ1) is 11.0. The lowest BCUT2D eigenvalue weighted by Crippen LogP contribution is -2.22. The summed E-state index contributed by atoms with van der Waals surface area (Å²) in [7, 11) is 0. The predicted octanol–water partition coefficient (Wildman–Crippen LogP) is 1.79. The second kappa shape index (κ2) is 7.04. The van der Waals surface area contributed by atoms with E-state index in [1.807, 2.05) is 13.8 Å². The van der Waals surface area contributed by atoms with E-state index in [4.69, 9.17) is 4.74 Å². The van der Waals surface area contributed by atoms with E-state index in [0.29, 0.717) is 17.6 Å². The van der Waals surface area contributed by atoms with Crippen LogP contribution in [0.5, 0.6) is 0 Å². The summed E-state index contributed by atoms with van der Waals surface area (Å²) in [6, 6.07) is 3.35. The first-order valence-electron chi connectivity index (χ1n) is 7.31. The van der Waals surface area contributed by atoms with Crippen LogP contribution < -0.4 is 5.43 Å². The molecule has 0 unspecified atom stereocenters. The molecule has 0 bridgehead atoms. The molecular formula is C16H18N2O5. The van der Waals surface area contributed by atoms with Crippen molar-refractivity contribution in [3.8, 4) is 0 Å². The van der Waals surface area contributed by atoms with Crippen molar-refractivity contribution in [2.45, 2.75) is 33.7 Å². The quantitative estimate of drug-likeness (QED) is 0.617. The molecule has 0 fully saturated rings. The third kappa shape index (κ3) is 3.56. The number of fused-ring (bicyclic) bond motifs is 1. The zero-order valence-corrected chi connectivity index (χ0v) is 13.3. The third-order valence-electron chi connectivity index (χ3n) is 3.32. The number of rotatable bonds is 5. The Hall–Kier alpha value is -2.70. The molecule has 2 heterocycles. The molecule has 23 heavy (non-hydrogen) atoms. The summed E-state index contributed by atoms with van der Waals surface area (Å²) < 4.78 is 11.2. The van der Waals surface area contributed by atoms with Gasteiger partial charge in [-0.25, -0.2) is 9.78 Å². The van der Waals surface area contributed by atoms with Crippen LogP contribution >= 0.6 is 0 Å². The van der Waals surface area contributed by atoms with Crippen molar-refractivity contribution in [1.29, 1.82) is 0 Å². The lowest BCUT2D eigenvalue weighted by molar-refractivity contribution is -0.151. The summed E-state index contributed by atoms with van der Waals surface area (Å²) in [6.45, 7) is 5.36. The van der Waals surface area contributed by atoms with Gasteiger partial charge in [-0.1, -0.05) is 6.92 Å². The van der Waals surface area contributed by atoms with Crippen molar-refractivity contribution in [3.05, 3.63) is 39.8 Å². The fourth-order valence-electron chi connectivity index (χ4n) is 2.07. The average molecular weight is 318 g/mol. The zero-order valence-electron chi connectivity index (χ0n) is 13.3. The number of pyridine rings is 2. The van der Waals surface area contributed by atoms with Crippen molar-refractivity contribution >= 4 is 23.0 Å². The van der Waals surface area contributed by atoms with Gasteiger partial charge in [0.05, 0.1) is 5.39 Å². The SMILES string of the molecule is CCC(=O)OCOC(=O)c1cn(CC)c2nc(C)ccc2c1=O. The van der Waals surface area contributed by atoms with Crippen LogP contribution in [0.2, 0.25) is 0 Å². The second-order valence-corrected chi connectivity index (χ2v) is 4.90. The number of nitrogens with zero attached hydrogens (tertiary/aromatic N) is 2. The molecule has 7 nitrogen and oxygen atoms in total. The second-order valence-electron chi connectivity index (χ2n) is 4.90. The van der Waals surface area contributed by atoms with Gasteiger partial charge in [-0.05, 0) is 26.0 Å². The molecule has 0 N–H and O–H groups in total. The maximum absolute atomic E-state index is 12.4. The summed E-state index contributed by atoms with van der Waals surface area (Å²) in [4.78, 5) is 39.9. The van der Waals surface area contributed by atoms with Crippen molar-refractivity contribution in [1.82, 2.24) is 9.55 Å². The highest BCUT2D eigenvalue weighted by atomic mass is 16.7. The monoisotopic (exact) mass is 318 g/mol. The van der Waals surface area contributed by atoms with Crippen LogP contribution in [-0.4, -0.2) is 28.3 Å². The van der Waals surface area contributed by atoms with Crippen molar-refractivity contribution in [3.63, 3.8) is 0 Å². The number of aryl methyl sites for hydroxylation is 2. The first-order valence-corrected chi connectivity index (χ1v) is 7.31. The number of carbonyl (C=O) groups excluding carboxylic acids is 2. The molecule has 0 atom stereocenters. The molecule has 122 valence electrons. The molecule has 2 rings (SSSR count). The molecule has 0 radical (unpaired) electrons. The molecule has 0 saturated carbocycles. The van der Waals surface area contributed by atoms with Crippen LogP contribution in [0, 0.1) is 6.92 Å². The van der Waals surface area contributed by atoms with E-state index in [9.17, 15) is 14.4 Å². The lowest BCUT2D eigenvalue weighted by atomic mass is 10.2. The molecular weight excluding hydrogens is 300 g/mol. The number of hydrogen-bond acceptors (Lipinski definition) is 6. The third-order valence-corrected chi connectivity index (χ3v) is 3.32. The van der Waals surface area contributed by atoms with Crippen molar-refractivity contribution in [2.75, 3.05) is 6.79 Å². The largest absolute Gasteiger partial charge is 0.428 e. The Morgan fingerprint density at radius 1 is 1.22 bits per heavy atom. The molecule has 0 aromatic carbocycles. The highest BCUT2D eigenvalue weighted by Crippen LogP contribution is 2.11. The molecule has 2 aromatic rings. The molecule has 0 aliphatic heterocycles. The smallest absolute Gasteiger partial charge is 0.346 e. The topological polar surface area (TPSA) is 87.5 Å². The van der Waals surface area contributed by atoms with Crippen LogP contribution in [0.25, 0.3) is 11.0 Å². The summed E-state index contributed by atoms with van der Waals surface area (Å²) in [6.07, 6.45) is 1.60. The Kier molecular flexibility index (Phi) is 5.10. The van der Waals surface area contributed by atoms with Gasteiger partial charge in [-0.2, -0.15) is 0 Å². The Balaban J connectivity index is 2.36. The van der Waals surface area contributed by atoms with Crippen molar-refractivity contribution < 1.29 is 19.1 Å². The summed E-state index contributed by atoms with van der Waals surface area (Å²) in [5, 5.41) is 0.345. The Bertz CT molecular complexity index is 810. The van der Waals surface area contributed by atoms with E-state index in [1.165, 1.54) is 6.20 Å². The maximum Gasteiger partial charge on any atom is 0.346 e. The minimum absolute atomic E-state index is 0.113. The van der Waals surface area contributed by atoms with Gasteiger partial charge >= 0.3 is 11.9 Å². The minimum atomic E-state index is -0.830. The fourth-order valence-corrected chi connectivity index (χ4v) is 2.07. The fraction of sp³-hybridized carbons (Fsp3) is 0.375. The van der Waals surface area contributed by atoms with Gasteiger partial charge in [-0.15, -0.1) is 0 Å². The summed E-state index contributed by atoms with van der Waals surface area (Å²) in [5.74, 6) is -1.31. The molecule has 0 amide bonds. The number of ether oxygens (including phenoxy) is 2. The van der Waals surface area contributed by atoms with E-state index in [2.05, 4.69) is 9.72 Å². The first kappa shape index (κ1) is 16.7. The zero-order chi connectivity index (χ0) is 17.0. The number of aromatic nitrogens is 2. The van der Waals surface area contributed by atoms with Gasteiger partial charge in [0.2, 0.25) is 12.2 Å². The maximum atomic E-state index is 12.4. The lowest BCUT2D eigenvalue weighted by Gasteiger charge is -2.11. The van der Waals surface area contributed by atoms with Crippen LogP contribution in [-0.2, 0) is 20.8 Å². The summed E-state index contributed by atoms with van der Waals surface area (Å²) in [5.41, 5.74) is 0.730. The van der Waals surface area contributed by atoms with Gasteiger partial charge in [0.15, 0.2) is 0 Å². The summed E-state index contributed by atoms with van der Waals surface area (Å²) >= 11 is 0. The Labute approximate surface area is 132 Å². The predicted molar refractivity (Wildman–Crippen MR) is 83.1 cm³/mol. The van der Waals surface area contributed by atoms with Crippen LogP contribution in [0.1, 0.15) is 36.3 Å². The average Bonchev–Trinajstić information content (AvgIpc) is 2.54. The number of esters is 2. The standard InChI is InChI=1S/C16H18N2O5/c1-4-13(19)22-9-23-16(21)12-8-18(5-2)15-11(14(12)20)7-6-10(3)17-15/h6-8H,4-5,9H2,1-3H3. The van der Waals surface area contributed by atoms with Gasteiger partial charge in [-0.3, -0.25) is 9.59 Å². The minimum Gasteiger partial charge on any atom is -0.428 e. The van der Waals surface area contributed by atoms with Gasteiger partial charge < -0.3 is 14.0 Å². The molecule has 0 aliphatic rings. The van der Waals surface area contributed by atoms with Gasteiger partial charge in [0.1, 0.15) is 11.2 Å². The Morgan fingerprint density at radius 3 is 2.61 bits per heavy atom. The number of hydrogen-bond donors (Lipinski definition) is 0. The molecule has 7 heteroatoms. The Morgan fingerprint density at radius 2 is 1.96 bits per heavy atom. The molecule has 0 spiro atoms.